The highest BCUT2D eigenvalue weighted by molar-refractivity contribution is 7.92. The number of sulfonamides is 1. The van der Waals surface area contributed by atoms with Crippen LogP contribution in [0.3, 0.4) is 0 Å². The molecule has 0 bridgehead atoms. The number of anilines is 2. The summed E-state index contributed by atoms with van der Waals surface area (Å²) in [5.41, 5.74) is 1.35. The second-order valence-electron chi connectivity index (χ2n) is 10.0. The van der Waals surface area contributed by atoms with Crippen molar-refractivity contribution in [1.82, 2.24) is 10.2 Å². The van der Waals surface area contributed by atoms with Gasteiger partial charge in [0, 0.05) is 43.1 Å². The van der Waals surface area contributed by atoms with Crippen molar-refractivity contribution >= 4 is 27.4 Å². The summed E-state index contributed by atoms with van der Waals surface area (Å²) < 4.78 is 27.8. The second-order valence-corrected chi connectivity index (χ2v) is 11.7. The second kappa shape index (κ2) is 11.4. The van der Waals surface area contributed by atoms with Crippen LogP contribution in [-0.4, -0.2) is 61.3 Å². The van der Waals surface area contributed by atoms with Crippen LogP contribution in [0.4, 0.5) is 16.2 Å². The van der Waals surface area contributed by atoms with Gasteiger partial charge in [0.05, 0.1) is 11.0 Å². The molecule has 3 aromatic rings. The Bertz CT molecular complexity index is 1350. The van der Waals surface area contributed by atoms with E-state index in [1.165, 1.54) is 12.1 Å². The van der Waals surface area contributed by atoms with E-state index >= 15 is 0 Å². The number of nitrogens with one attached hydrogen (secondary N) is 2. The number of rotatable bonds is 11. The molecule has 4 rings (SSSR count). The van der Waals surface area contributed by atoms with Crippen molar-refractivity contribution in [3.05, 3.63) is 84.4 Å². The molecular weight excluding hydrogens is 504 g/mol. The molecule has 1 fully saturated rings. The normalized spacial score (nSPS) is 15.1. The third-order valence-corrected chi connectivity index (χ3v) is 8.01. The number of aliphatic hydroxyl groups excluding tert-OH is 1. The van der Waals surface area contributed by atoms with E-state index in [0.29, 0.717) is 37.3 Å². The van der Waals surface area contributed by atoms with E-state index in [2.05, 4.69) is 10.0 Å². The van der Waals surface area contributed by atoms with E-state index in [0.717, 1.165) is 5.69 Å². The average Bonchev–Trinajstić information content (AvgIpc) is 3.27. The standard InChI is InChI=1S/C28H34N4O5S/c1-28(2,15-16-31-17-18-32(27(31)35)23-11-13-24(33)14-12-23)29-20-26(34)21-7-6-8-22(19-21)30-38(36,37)25-9-4-3-5-10-25/h3-14,19,26,29-30,33-34H,15-18,20H2,1-2H3. The molecule has 1 heterocycles. The number of aromatic hydroxyl groups is 1. The maximum absolute atomic E-state index is 12.9. The number of carbonyl (C=O) groups excluding carboxylic acids is 1. The highest BCUT2D eigenvalue weighted by Gasteiger charge is 2.31. The van der Waals surface area contributed by atoms with Gasteiger partial charge in [0.2, 0.25) is 0 Å². The summed E-state index contributed by atoms with van der Waals surface area (Å²) in [6, 6.07) is 21.4. The zero-order valence-corrected chi connectivity index (χ0v) is 22.4. The van der Waals surface area contributed by atoms with E-state index < -0.39 is 16.1 Å². The largest absolute Gasteiger partial charge is 0.508 e. The molecule has 0 aliphatic carbocycles. The van der Waals surface area contributed by atoms with Crippen molar-refractivity contribution in [3.63, 3.8) is 0 Å². The molecule has 9 nitrogen and oxygen atoms in total. The Hall–Kier alpha value is -3.60. The maximum atomic E-state index is 12.9. The van der Waals surface area contributed by atoms with Gasteiger partial charge in [-0.2, -0.15) is 0 Å². The molecule has 0 saturated carbocycles. The lowest BCUT2D eigenvalue weighted by atomic mass is 9.99. The van der Waals surface area contributed by atoms with Gasteiger partial charge in [0.15, 0.2) is 0 Å². The lowest BCUT2D eigenvalue weighted by Gasteiger charge is -2.30. The number of phenolic OH excluding ortho intramolecular Hbond substituents is 1. The molecule has 1 atom stereocenters. The van der Waals surface area contributed by atoms with Gasteiger partial charge >= 0.3 is 6.03 Å². The molecule has 0 aromatic heterocycles. The molecule has 0 spiro atoms. The number of hydrogen-bond acceptors (Lipinski definition) is 6. The third kappa shape index (κ3) is 6.83. The first-order valence-electron chi connectivity index (χ1n) is 12.5. The van der Waals surface area contributed by atoms with E-state index in [-0.39, 0.29) is 28.8 Å². The Morgan fingerprint density at radius 3 is 2.39 bits per heavy atom. The van der Waals surface area contributed by atoms with Crippen LogP contribution in [0.25, 0.3) is 0 Å². The third-order valence-electron chi connectivity index (χ3n) is 6.61. The molecule has 1 aliphatic rings. The summed E-state index contributed by atoms with van der Waals surface area (Å²) in [5, 5.41) is 23.7. The Morgan fingerprint density at radius 1 is 0.974 bits per heavy atom. The summed E-state index contributed by atoms with van der Waals surface area (Å²) in [6.07, 6.45) is -0.180. The number of urea groups is 1. The van der Waals surface area contributed by atoms with Gasteiger partial charge in [-0.1, -0.05) is 30.3 Å². The van der Waals surface area contributed by atoms with Crippen molar-refractivity contribution in [2.75, 3.05) is 35.8 Å². The monoisotopic (exact) mass is 538 g/mol. The smallest absolute Gasteiger partial charge is 0.324 e. The van der Waals surface area contributed by atoms with Gasteiger partial charge < -0.3 is 20.4 Å². The van der Waals surface area contributed by atoms with Crippen LogP contribution in [-0.2, 0) is 10.0 Å². The lowest BCUT2D eigenvalue weighted by molar-refractivity contribution is 0.156. The van der Waals surface area contributed by atoms with Crippen LogP contribution < -0.4 is 14.9 Å². The summed E-state index contributed by atoms with van der Waals surface area (Å²) in [5.74, 6) is 0.160. The number of carbonyl (C=O) groups is 1. The predicted octanol–water partition coefficient (Wildman–Crippen LogP) is 3.93. The summed E-state index contributed by atoms with van der Waals surface area (Å²) in [7, 11) is -3.73. The van der Waals surface area contributed by atoms with Crippen LogP contribution in [0.1, 0.15) is 31.9 Å². The molecular formula is C28H34N4O5S. The minimum atomic E-state index is -3.73. The van der Waals surface area contributed by atoms with Crippen molar-refractivity contribution in [2.45, 2.75) is 36.8 Å². The van der Waals surface area contributed by atoms with E-state index in [4.69, 9.17) is 0 Å². The number of phenols is 1. The first-order valence-corrected chi connectivity index (χ1v) is 14.0. The van der Waals surface area contributed by atoms with Crippen LogP contribution >= 0.6 is 0 Å². The fourth-order valence-electron chi connectivity index (χ4n) is 4.28. The molecule has 1 aliphatic heterocycles. The number of amides is 2. The molecule has 1 unspecified atom stereocenters. The van der Waals surface area contributed by atoms with Crippen LogP contribution in [0.5, 0.6) is 5.75 Å². The topological polar surface area (TPSA) is 122 Å². The van der Waals surface area contributed by atoms with Crippen molar-refractivity contribution in [3.8, 4) is 5.75 Å². The Morgan fingerprint density at radius 2 is 1.68 bits per heavy atom. The molecule has 3 aromatic carbocycles. The Kier molecular flexibility index (Phi) is 8.25. The minimum Gasteiger partial charge on any atom is -0.508 e. The van der Waals surface area contributed by atoms with Crippen LogP contribution in [0.15, 0.2) is 83.8 Å². The highest BCUT2D eigenvalue weighted by Crippen LogP contribution is 2.24. The van der Waals surface area contributed by atoms with Gasteiger partial charge in [-0.05, 0) is 74.4 Å². The van der Waals surface area contributed by atoms with Crippen LogP contribution in [0.2, 0.25) is 0 Å². The Balaban J connectivity index is 1.29. The molecule has 4 N–H and O–H groups in total. The Labute approximate surface area is 223 Å². The molecule has 38 heavy (non-hydrogen) atoms. The zero-order chi connectivity index (χ0) is 27.3. The van der Waals surface area contributed by atoms with Crippen molar-refractivity contribution < 1.29 is 23.4 Å². The quantitative estimate of drug-likeness (QED) is 0.294. The van der Waals surface area contributed by atoms with Gasteiger partial charge in [-0.25, -0.2) is 13.2 Å². The number of β-amino-alcohol motifs (C(OH)–C–C–N with tert-alkyl or cyclic N) is 1. The molecule has 202 valence electrons. The summed E-state index contributed by atoms with van der Waals surface area (Å²) in [4.78, 5) is 16.5. The number of nitrogens with zero attached hydrogens (tertiary/aromatic N) is 2. The summed E-state index contributed by atoms with van der Waals surface area (Å²) >= 11 is 0. The van der Waals surface area contributed by atoms with E-state index in [9.17, 15) is 23.4 Å². The van der Waals surface area contributed by atoms with Crippen molar-refractivity contribution in [2.24, 2.45) is 0 Å². The minimum absolute atomic E-state index is 0.0682. The van der Waals surface area contributed by atoms with Gasteiger partial charge in [0.25, 0.3) is 10.0 Å². The van der Waals surface area contributed by atoms with E-state index in [1.807, 2.05) is 13.8 Å². The predicted molar refractivity (Wildman–Crippen MR) is 148 cm³/mol. The van der Waals surface area contributed by atoms with Gasteiger partial charge in [-0.3, -0.25) is 9.62 Å². The average molecular weight is 539 g/mol. The number of benzene rings is 3. The molecule has 1 saturated heterocycles. The summed E-state index contributed by atoms with van der Waals surface area (Å²) in [6.45, 7) is 6.05. The molecule has 0 radical (unpaired) electrons. The van der Waals surface area contributed by atoms with Gasteiger partial charge in [-0.15, -0.1) is 0 Å². The first kappa shape index (κ1) is 27.4. The molecule has 2 amide bonds. The van der Waals surface area contributed by atoms with Crippen LogP contribution in [0, 0.1) is 0 Å². The van der Waals surface area contributed by atoms with Gasteiger partial charge in [0.1, 0.15) is 5.75 Å². The number of aliphatic hydroxyl groups is 1. The zero-order valence-electron chi connectivity index (χ0n) is 21.5. The lowest BCUT2D eigenvalue weighted by Crippen LogP contribution is -2.44. The molecule has 10 heteroatoms. The fourth-order valence-corrected chi connectivity index (χ4v) is 5.35. The van der Waals surface area contributed by atoms with Crippen molar-refractivity contribution in [1.29, 1.82) is 0 Å². The SMILES string of the molecule is CC(C)(CCN1CCN(c2ccc(O)cc2)C1=O)NCC(O)c1cccc(NS(=O)(=O)c2ccccc2)c1. The fraction of sp³-hybridized carbons (Fsp3) is 0.321. The number of hydrogen-bond donors (Lipinski definition) is 4. The van der Waals surface area contributed by atoms with E-state index in [1.54, 1.807) is 76.5 Å². The highest BCUT2D eigenvalue weighted by atomic mass is 32.2. The maximum Gasteiger partial charge on any atom is 0.324 e. The first-order chi connectivity index (χ1) is 18.0.